The van der Waals surface area contributed by atoms with E-state index in [0.29, 0.717) is 5.69 Å². The molecule has 1 N–H and O–H groups in total. The average molecular weight is 287 g/mol. The third-order valence-corrected chi connectivity index (χ3v) is 3.47. The fourth-order valence-electron chi connectivity index (χ4n) is 1.95. The molecule has 2 rings (SSSR count). The molecular formula is C12H14BClF2N2O. The molecule has 1 aliphatic rings. The monoisotopic (exact) mass is 286 g/mol. The summed E-state index contributed by atoms with van der Waals surface area (Å²) in [7, 11) is 2.01. The molecule has 1 aromatic rings. The Labute approximate surface area is 116 Å². The van der Waals surface area contributed by atoms with E-state index in [1.54, 1.807) is 0 Å². The molecule has 19 heavy (non-hydrogen) atoms. The number of hydrogen-bond acceptors (Lipinski definition) is 3. The maximum Gasteiger partial charge on any atom is 0.297 e. The summed E-state index contributed by atoms with van der Waals surface area (Å²) in [6.45, 7) is 0.429. The summed E-state index contributed by atoms with van der Waals surface area (Å²) in [5.41, 5.74) is 1.16. The van der Waals surface area contributed by atoms with Crippen molar-refractivity contribution in [2.75, 3.05) is 19.7 Å². The van der Waals surface area contributed by atoms with Gasteiger partial charge in [-0.1, -0.05) is 17.7 Å². The molecule has 7 heteroatoms. The van der Waals surface area contributed by atoms with Gasteiger partial charge in [0.25, 0.3) is 5.92 Å². The molecule has 0 aliphatic carbocycles. The Hall–Kier alpha value is -0.975. The van der Waals surface area contributed by atoms with Crippen LogP contribution in [0.1, 0.15) is 17.7 Å². The van der Waals surface area contributed by atoms with Crippen molar-refractivity contribution in [3.8, 4) is 0 Å². The molecule has 0 unspecified atom stereocenters. The predicted molar refractivity (Wildman–Crippen MR) is 72.9 cm³/mol. The van der Waals surface area contributed by atoms with Gasteiger partial charge in [0.05, 0.1) is 10.7 Å². The van der Waals surface area contributed by atoms with Gasteiger partial charge < -0.3 is 9.92 Å². The normalized spacial score (nSPS) is 17.4. The highest BCUT2D eigenvalue weighted by atomic mass is 35.5. The Morgan fingerprint density at radius 1 is 1.53 bits per heavy atom. The number of aromatic nitrogens is 1. The molecule has 0 fully saturated rings. The van der Waals surface area contributed by atoms with Crippen molar-refractivity contribution in [2.45, 2.75) is 12.3 Å². The molecule has 0 aromatic carbocycles. The van der Waals surface area contributed by atoms with Crippen LogP contribution in [0, 0.1) is 0 Å². The van der Waals surface area contributed by atoms with E-state index in [1.165, 1.54) is 6.07 Å². The first-order valence-electron chi connectivity index (χ1n) is 5.96. The highest BCUT2D eigenvalue weighted by molar-refractivity contribution is 6.32. The van der Waals surface area contributed by atoms with E-state index in [4.69, 9.17) is 16.7 Å². The van der Waals surface area contributed by atoms with Crippen LogP contribution in [-0.2, 0) is 5.92 Å². The largest absolute Gasteiger partial charge is 0.390 e. The molecule has 0 saturated heterocycles. The minimum Gasteiger partial charge on any atom is -0.390 e. The lowest BCUT2D eigenvalue weighted by atomic mass is 10.0. The molecular weight excluding hydrogens is 272 g/mol. The summed E-state index contributed by atoms with van der Waals surface area (Å²) in [4.78, 5) is 6.18. The summed E-state index contributed by atoms with van der Waals surface area (Å²) < 4.78 is 26.6. The number of aliphatic hydroxyl groups excluding tert-OH is 1. The lowest BCUT2D eigenvalue weighted by molar-refractivity contribution is -0.0558. The number of hydrogen-bond donors (Lipinski definition) is 1. The first kappa shape index (κ1) is 14.4. The minimum absolute atomic E-state index is 0.196. The lowest BCUT2D eigenvalue weighted by Gasteiger charge is -2.23. The number of rotatable bonds is 3. The minimum atomic E-state index is -3.31. The van der Waals surface area contributed by atoms with E-state index in [-0.39, 0.29) is 10.6 Å². The molecule has 102 valence electrons. The number of nitrogens with zero attached hydrogens (tertiary/aromatic N) is 2. The van der Waals surface area contributed by atoms with Crippen molar-refractivity contribution >= 4 is 25.2 Å². The Kier molecular flexibility index (Phi) is 4.23. The molecule has 0 atom stereocenters. The number of alkyl halides is 2. The molecule has 0 bridgehead atoms. The van der Waals surface area contributed by atoms with E-state index in [2.05, 4.69) is 9.79 Å². The van der Waals surface area contributed by atoms with Crippen LogP contribution in [0.25, 0.3) is 5.57 Å². The maximum atomic E-state index is 13.3. The highest BCUT2D eigenvalue weighted by Crippen LogP contribution is 2.32. The topological polar surface area (TPSA) is 36.4 Å². The van der Waals surface area contributed by atoms with Crippen molar-refractivity contribution in [1.82, 2.24) is 9.79 Å². The number of halogens is 3. The van der Waals surface area contributed by atoms with E-state index in [1.807, 2.05) is 14.1 Å². The van der Waals surface area contributed by atoms with Gasteiger partial charge in [-0.15, -0.1) is 0 Å². The lowest BCUT2D eigenvalue weighted by Crippen LogP contribution is -2.25. The summed E-state index contributed by atoms with van der Waals surface area (Å²) in [6, 6.07) is 1.18. The van der Waals surface area contributed by atoms with E-state index < -0.39 is 12.5 Å². The summed E-state index contributed by atoms with van der Waals surface area (Å²) in [6.07, 6.45) is 3.87. The zero-order valence-corrected chi connectivity index (χ0v) is 11.3. The zero-order chi connectivity index (χ0) is 14.0. The number of aliphatic hydroxyl groups is 1. The van der Waals surface area contributed by atoms with Crippen LogP contribution in [0.5, 0.6) is 0 Å². The smallest absolute Gasteiger partial charge is 0.297 e. The predicted octanol–water partition coefficient (Wildman–Crippen LogP) is 1.46. The molecule has 0 saturated carbocycles. The van der Waals surface area contributed by atoms with Crippen LogP contribution in [0.4, 0.5) is 8.78 Å². The molecule has 1 aromatic heterocycles. The Morgan fingerprint density at radius 2 is 2.26 bits per heavy atom. The van der Waals surface area contributed by atoms with E-state index in [9.17, 15) is 8.78 Å². The first-order valence-corrected chi connectivity index (χ1v) is 6.34. The van der Waals surface area contributed by atoms with Gasteiger partial charge >= 0.3 is 0 Å². The van der Waals surface area contributed by atoms with Crippen molar-refractivity contribution in [3.63, 3.8) is 0 Å². The second-order valence-electron chi connectivity index (χ2n) is 4.66. The van der Waals surface area contributed by atoms with Gasteiger partial charge in [-0.05, 0) is 24.6 Å². The highest BCUT2D eigenvalue weighted by Gasteiger charge is 2.31. The third-order valence-electron chi connectivity index (χ3n) is 3.18. The molecule has 0 radical (unpaired) electrons. The first-order chi connectivity index (χ1) is 8.94. The second-order valence-corrected chi connectivity index (χ2v) is 5.07. The van der Waals surface area contributed by atoms with Crippen LogP contribution < -0.4 is 0 Å². The summed E-state index contributed by atoms with van der Waals surface area (Å²) in [5.74, 6) is -3.31. The molecule has 2 heterocycles. The van der Waals surface area contributed by atoms with Crippen LogP contribution in [-0.4, -0.2) is 42.6 Å². The second kappa shape index (κ2) is 5.57. The molecule has 0 spiro atoms. The maximum absolute atomic E-state index is 13.3. The Balaban J connectivity index is 2.30. The Morgan fingerprint density at radius 3 is 2.79 bits per heavy atom. The summed E-state index contributed by atoms with van der Waals surface area (Å²) >= 11 is 6.03. The van der Waals surface area contributed by atoms with E-state index >= 15 is 0 Å². The van der Waals surface area contributed by atoms with Gasteiger partial charge in [0.2, 0.25) is 0 Å². The molecule has 0 amide bonds. The summed E-state index contributed by atoms with van der Waals surface area (Å²) in [5, 5.41) is 8.84. The molecule has 1 aliphatic heterocycles. The van der Waals surface area contributed by atoms with Gasteiger partial charge in [-0.2, -0.15) is 8.78 Å². The Bertz CT molecular complexity index is 511. The van der Waals surface area contributed by atoms with Crippen LogP contribution in [0.2, 0.25) is 5.02 Å². The van der Waals surface area contributed by atoms with Crippen LogP contribution >= 0.6 is 11.6 Å². The zero-order valence-electron chi connectivity index (χ0n) is 10.5. The third kappa shape index (κ3) is 3.13. The van der Waals surface area contributed by atoms with Gasteiger partial charge in [0.1, 0.15) is 6.61 Å². The van der Waals surface area contributed by atoms with Crippen LogP contribution in [0.15, 0.2) is 18.3 Å². The van der Waals surface area contributed by atoms with Gasteiger partial charge in [0, 0.05) is 18.3 Å². The van der Waals surface area contributed by atoms with Crippen molar-refractivity contribution in [3.05, 3.63) is 34.6 Å². The average Bonchev–Trinajstić information content (AvgIpc) is 2.40. The fourth-order valence-corrected chi connectivity index (χ4v) is 2.24. The van der Waals surface area contributed by atoms with Crippen molar-refractivity contribution < 1.29 is 13.9 Å². The molecule has 3 nitrogen and oxygen atoms in total. The standard InChI is InChI=1S/C12H14BClF2N2O/c13-18-3-1-8(2-4-18)11-10(14)5-9(6-17-11)12(15,16)7-19/h1,5-6,19H,2-4,7,13H2. The van der Waals surface area contributed by atoms with E-state index in [0.717, 1.165) is 31.3 Å². The van der Waals surface area contributed by atoms with Gasteiger partial charge in [-0.25, -0.2) is 0 Å². The SMILES string of the molecule is BN1CC=C(c2ncc(C(F)(F)CO)cc2Cl)CC1. The quantitative estimate of drug-likeness (QED) is 0.855. The van der Waals surface area contributed by atoms with Crippen molar-refractivity contribution in [1.29, 1.82) is 0 Å². The van der Waals surface area contributed by atoms with Crippen LogP contribution in [0.3, 0.4) is 0 Å². The number of pyridine rings is 1. The van der Waals surface area contributed by atoms with Crippen molar-refractivity contribution in [2.24, 2.45) is 0 Å². The fraction of sp³-hybridized carbons (Fsp3) is 0.417. The van der Waals surface area contributed by atoms with Gasteiger partial charge in [-0.3, -0.25) is 4.98 Å². The van der Waals surface area contributed by atoms with Gasteiger partial charge in [0.15, 0.2) is 7.98 Å².